The third kappa shape index (κ3) is 5.12. The summed E-state index contributed by atoms with van der Waals surface area (Å²) < 4.78 is 9.69. The minimum Gasteiger partial charge on any atom is -0.499 e. The molecule has 0 unspecified atom stereocenters. The maximum Gasteiger partial charge on any atom is 0.195 e. The molecule has 0 aromatic carbocycles. The molecule has 0 aliphatic heterocycles. The van der Waals surface area contributed by atoms with Gasteiger partial charge in [0, 0.05) is 7.11 Å². The Labute approximate surface area is 73.0 Å². The highest BCUT2D eigenvalue weighted by atomic mass is 17.2. The monoisotopic (exact) mass is 176 g/mol. The van der Waals surface area contributed by atoms with Crippen LogP contribution >= 0.6 is 0 Å². The Morgan fingerprint density at radius 3 is 2.33 bits per heavy atom. The molecule has 0 saturated carbocycles. The summed E-state index contributed by atoms with van der Waals surface area (Å²) in [5.41, 5.74) is 0. The highest BCUT2D eigenvalue weighted by Gasteiger charge is 2.17. The average Bonchev–Trinajstić information content (AvgIpc) is 2.04. The van der Waals surface area contributed by atoms with Crippen LogP contribution in [0.1, 0.15) is 13.8 Å². The van der Waals surface area contributed by atoms with Crippen molar-refractivity contribution in [2.24, 2.45) is 0 Å². The summed E-state index contributed by atoms with van der Waals surface area (Å²) >= 11 is 0. The predicted molar refractivity (Wildman–Crippen MR) is 44.3 cm³/mol. The van der Waals surface area contributed by atoms with Gasteiger partial charge in [-0.2, -0.15) is 0 Å². The second-order valence-electron chi connectivity index (χ2n) is 2.69. The van der Waals surface area contributed by atoms with Crippen LogP contribution in [0.4, 0.5) is 0 Å². The molecule has 0 saturated heterocycles. The molecule has 0 N–H and O–H groups in total. The van der Waals surface area contributed by atoms with Crippen LogP contribution in [-0.4, -0.2) is 26.6 Å². The lowest BCUT2D eigenvalue weighted by Gasteiger charge is -2.21. The van der Waals surface area contributed by atoms with Gasteiger partial charge in [-0.3, -0.25) is 0 Å². The van der Waals surface area contributed by atoms with E-state index in [-0.39, 0.29) is 6.61 Å². The van der Waals surface area contributed by atoms with Crippen molar-refractivity contribution >= 4 is 0 Å². The molecule has 0 amide bonds. The molecular formula is C8H16O4. The highest BCUT2D eigenvalue weighted by molar-refractivity contribution is 4.79. The van der Waals surface area contributed by atoms with Gasteiger partial charge >= 0.3 is 0 Å². The van der Waals surface area contributed by atoms with E-state index < -0.39 is 5.79 Å². The Hall–Kier alpha value is -0.580. The van der Waals surface area contributed by atoms with Crippen molar-refractivity contribution in [3.8, 4) is 0 Å². The van der Waals surface area contributed by atoms with Gasteiger partial charge in [0.1, 0.15) is 12.4 Å². The SMILES string of the molecule is C=C(COOC(C)(C)OC)OC. The molecule has 0 aromatic rings. The zero-order chi connectivity index (χ0) is 9.61. The summed E-state index contributed by atoms with van der Waals surface area (Å²) in [4.78, 5) is 9.68. The lowest BCUT2D eigenvalue weighted by Crippen LogP contribution is -2.27. The number of methoxy groups -OCH3 is 2. The fourth-order valence-electron chi connectivity index (χ4n) is 0.330. The largest absolute Gasteiger partial charge is 0.499 e. The van der Waals surface area contributed by atoms with E-state index in [1.807, 2.05) is 0 Å². The zero-order valence-corrected chi connectivity index (χ0v) is 8.05. The predicted octanol–water partition coefficient (Wildman–Crippen LogP) is 1.48. The van der Waals surface area contributed by atoms with Crippen molar-refractivity contribution in [3.05, 3.63) is 12.3 Å². The van der Waals surface area contributed by atoms with Crippen LogP contribution < -0.4 is 0 Å². The van der Waals surface area contributed by atoms with Crippen LogP contribution in [0.15, 0.2) is 12.3 Å². The molecule has 12 heavy (non-hydrogen) atoms. The molecule has 0 heterocycles. The molecule has 0 aliphatic rings. The summed E-state index contributed by atoms with van der Waals surface area (Å²) in [6, 6.07) is 0. The van der Waals surface area contributed by atoms with Crippen molar-refractivity contribution in [2.75, 3.05) is 20.8 Å². The van der Waals surface area contributed by atoms with Gasteiger partial charge < -0.3 is 9.47 Å². The Balaban J connectivity index is 3.49. The molecule has 0 aromatic heterocycles. The molecule has 72 valence electrons. The van der Waals surface area contributed by atoms with Gasteiger partial charge in [-0.25, -0.2) is 9.78 Å². The minimum absolute atomic E-state index is 0.198. The first-order valence-corrected chi connectivity index (χ1v) is 3.59. The Morgan fingerprint density at radius 2 is 1.92 bits per heavy atom. The van der Waals surface area contributed by atoms with E-state index in [4.69, 9.17) is 19.2 Å². The molecule has 0 spiro atoms. The van der Waals surface area contributed by atoms with Crippen molar-refractivity contribution < 1.29 is 19.2 Å². The van der Waals surface area contributed by atoms with Crippen molar-refractivity contribution in [2.45, 2.75) is 19.6 Å². The van der Waals surface area contributed by atoms with E-state index >= 15 is 0 Å². The molecule has 0 fully saturated rings. The second-order valence-corrected chi connectivity index (χ2v) is 2.69. The topological polar surface area (TPSA) is 36.9 Å². The highest BCUT2D eigenvalue weighted by Crippen LogP contribution is 2.09. The number of ether oxygens (including phenoxy) is 2. The molecule has 0 atom stereocenters. The van der Waals surface area contributed by atoms with Crippen LogP contribution in [0.2, 0.25) is 0 Å². The van der Waals surface area contributed by atoms with Gasteiger partial charge in [-0.1, -0.05) is 6.58 Å². The summed E-state index contributed by atoms with van der Waals surface area (Å²) in [5, 5.41) is 0. The first kappa shape index (κ1) is 11.4. The summed E-state index contributed by atoms with van der Waals surface area (Å²) in [5.74, 6) is -0.240. The lowest BCUT2D eigenvalue weighted by atomic mass is 10.4. The van der Waals surface area contributed by atoms with Crippen LogP contribution in [0.3, 0.4) is 0 Å². The Bertz CT molecular complexity index is 142. The maximum atomic E-state index is 4.94. The van der Waals surface area contributed by atoms with Crippen LogP contribution in [0.5, 0.6) is 0 Å². The summed E-state index contributed by atoms with van der Waals surface area (Å²) in [7, 11) is 3.06. The molecule has 4 nitrogen and oxygen atoms in total. The van der Waals surface area contributed by atoms with Gasteiger partial charge in [0.25, 0.3) is 0 Å². The van der Waals surface area contributed by atoms with E-state index in [2.05, 4.69) is 6.58 Å². The third-order valence-corrected chi connectivity index (χ3v) is 1.26. The van der Waals surface area contributed by atoms with Gasteiger partial charge in [-0.05, 0) is 13.8 Å². The molecule has 0 bridgehead atoms. The van der Waals surface area contributed by atoms with E-state index in [0.29, 0.717) is 5.76 Å². The lowest BCUT2D eigenvalue weighted by molar-refractivity contribution is -0.411. The number of hydrogen-bond acceptors (Lipinski definition) is 4. The van der Waals surface area contributed by atoms with Gasteiger partial charge in [0.2, 0.25) is 0 Å². The fourth-order valence-corrected chi connectivity index (χ4v) is 0.330. The first-order chi connectivity index (χ1) is 5.52. The molecule has 0 rings (SSSR count). The summed E-state index contributed by atoms with van der Waals surface area (Å²) in [6.45, 7) is 7.23. The van der Waals surface area contributed by atoms with E-state index in [1.54, 1.807) is 13.8 Å². The maximum absolute atomic E-state index is 4.94. The standard InChI is InChI=1S/C8H16O4/c1-7(9-4)6-11-12-8(2,3)10-5/h1,6H2,2-5H3. The van der Waals surface area contributed by atoms with Crippen molar-refractivity contribution in [3.63, 3.8) is 0 Å². The fraction of sp³-hybridized carbons (Fsp3) is 0.750. The quantitative estimate of drug-likeness (QED) is 0.266. The molecule has 4 heteroatoms. The van der Waals surface area contributed by atoms with Crippen LogP contribution in [0.25, 0.3) is 0 Å². The Kier molecular flexibility index (Phi) is 4.89. The van der Waals surface area contributed by atoms with E-state index in [1.165, 1.54) is 14.2 Å². The van der Waals surface area contributed by atoms with Gasteiger partial charge in [0.05, 0.1) is 7.11 Å². The number of rotatable bonds is 6. The first-order valence-electron chi connectivity index (χ1n) is 3.59. The summed E-state index contributed by atoms with van der Waals surface area (Å²) in [6.07, 6.45) is 0. The Morgan fingerprint density at radius 1 is 1.33 bits per heavy atom. The smallest absolute Gasteiger partial charge is 0.195 e. The van der Waals surface area contributed by atoms with E-state index in [9.17, 15) is 0 Å². The third-order valence-electron chi connectivity index (χ3n) is 1.26. The van der Waals surface area contributed by atoms with Crippen molar-refractivity contribution in [1.29, 1.82) is 0 Å². The second kappa shape index (κ2) is 5.13. The molecule has 0 radical (unpaired) electrons. The normalized spacial score (nSPS) is 11.3. The number of hydrogen-bond donors (Lipinski definition) is 0. The molecule has 0 aliphatic carbocycles. The molecular weight excluding hydrogens is 160 g/mol. The van der Waals surface area contributed by atoms with Crippen molar-refractivity contribution in [1.82, 2.24) is 0 Å². The van der Waals surface area contributed by atoms with Crippen LogP contribution in [0, 0.1) is 0 Å². The average molecular weight is 176 g/mol. The van der Waals surface area contributed by atoms with Gasteiger partial charge in [-0.15, -0.1) is 0 Å². The van der Waals surface area contributed by atoms with Gasteiger partial charge in [0.15, 0.2) is 5.79 Å². The minimum atomic E-state index is -0.742. The zero-order valence-electron chi connectivity index (χ0n) is 8.05. The van der Waals surface area contributed by atoms with E-state index in [0.717, 1.165) is 0 Å². The van der Waals surface area contributed by atoms with Crippen LogP contribution in [-0.2, 0) is 19.2 Å².